The summed E-state index contributed by atoms with van der Waals surface area (Å²) in [7, 11) is 0. The first-order valence-electron chi connectivity index (χ1n) is 6.78. The van der Waals surface area contributed by atoms with Gasteiger partial charge in [0.25, 0.3) is 0 Å². The maximum atomic E-state index is 5.44. The number of rotatable bonds is 3. The van der Waals surface area contributed by atoms with E-state index >= 15 is 0 Å². The second-order valence-electron chi connectivity index (χ2n) is 5.53. The molecule has 0 amide bonds. The number of hydrogen-bond donors (Lipinski definition) is 1. The van der Waals surface area contributed by atoms with Crippen molar-refractivity contribution in [3.05, 3.63) is 0 Å². The number of nitrogens with zero attached hydrogens (tertiary/aromatic N) is 1. The Hall–Kier alpha value is -0.120. The Morgan fingerprint density at radius 2 is 2.12 bits per heavy atom. The highest BCUT2D eigenvalue weighted by Gasteiger charge is 2.33. The summed E-state index contributed by atoms with van der Waals surface area (Å²) in [6.45, 7) is 11.4. The summed E-state index contributed by atoms with van der Waals surface area (Å²) in [5, 5.41) is 3.53. The molecule has 0 spiro atoms. The molecule has 0 aromatic rings. The summed E-state index contributed by atoms with van der Waals surface area (Å²) in [5.74, 6) is 0.859. The van der Waals surface area contributed by atoms with E-state index in [1.807, 2.05) is 0 Å². The maximum absolute atomic E-state index is 5.44. The lowest BCUT2D eigenvalue weighted by molar-refractivity contribution is 0.0144. The Morgan fingerprint density at radius 1 is 1.38 bits per heavy atom. The van der Waals surface area contributed by atoms with Crippen LogP contribution in [0.1, 0.15) is 33.1 Å². The first-order chi connectivity index (χ1) is 7.74. The minimum absolute atomic E-state index is 0.372. The lowest BCUT2D eigenvalue weighted by Crippen LogP contribution is -2.60. The molecule has 1 N–H and O–H groups in total. The average molecular weight is 226 g/mol. The van der Waals surface area contributed by atoms with E-state index in [2.05, 4.69) is 24.1 Å². The number of piperazine rings is 1. The Kier molecular flexibility index (Phi) is 4.22. The van der Waals surface area contributed by atoms with Gasteiger partial charge in [-0.05, 0) is 32.1 Å². The normalized spacial score (nSPS) is 34.1. The minimum Gasteiger partial charge on any atom is -0.381 e. The Balaban J connectivity index is 1.90. The zero-order valence-corrected chi connectivity index (χ0v) is 10.8. The summed E-state index contributed by atoms with van der Waals surface area (Å²) in [4.78, 5) is 2.71. The van der Waals surface area contributed by atoms with Gasteiger partial charge in [0.05, 0.1) is 0 Å². The minimum atomic E-state index is 0.372. The first-order valence-corrected chi connectivity index (χ1v) is 6.78. The van der Waals surface area contributed by atoms with E-state index in [9.17, 15) is 0 Å². The van der Waals surface area contributed by atoms with Crippen molar-refractivity contribution < 1.29 is 4.74 Å². The molecule has 0 aliphatic carbocycles. The van der Waals surface area contributed by atoms with E-state index in [0.717, 1.165) is 32.2 Å². The van der Waals surface area contributed by atoms with Crippen LogP contribution < -0.4 is 5.32 Å². The lowest BCUT2D eigenvalue weighted by atomic mass is 9.91. The molecular formula is C13H26N2O. The molecule has 16 heavy (non-hydrogen) atoms. The summed E-state index contributed by atoms with van der Waals surface area (Å²) >= 11 is 0. The average Bonchev–Trinajstić information content (AvgIpc) is 2.34. The van der Waals surface area contributed by atoms with Crippen molar-refractivity contribution in [2.45, 2.75) is 38.6 Å². The fraction of sp³-hybridized carbons (Fsp3) is 1.00. The molecule has 2 saturated heterocycles. The van der Waals surface area contributed by atoms with Gasteiger partial charge in [-0.15, -0.1) is 0 Å². The van der Waals surface area contributed by atoms with E-state index in [0.29, 0.717) is 5.54 Å². The van der Waals surface area contributed by atoms with Gasteiger partial charge >= 0.3 is 0 Å². The van der Waals surface area contributed by atoms with Gasteiger partial charge in [-0.25, -0.2) is 0 Å². The highest BCUT2D eigenvalue weighted by molar-refractivity contribution is 4.92. The van der Waals surface area contributed by atoms with Crippen LogP contribution in [0.3, 0.4) is 0 Å². The largest absolute Gasteiger partial charge is 0.381 e. The quantitative estimate of drug-likeness (QED) is 0.789. The van der Waals surface area contributed by atoms with Crippen LogP contribution in [-0.2, 0) is 4.74 Å². The third-order valence-electron chi connectivity index (χ3n) is 4.41. The Bertz CT molecular complexity index is 216. The smallest absolute Gasteiger partial charge is 0.0469 e. The lowest BCUT2D eigenvalue weighted by Gasteiger charge is -2.46. The molecule has 0 bridgehead atoms. The summed E-state index contributed by atoms with van der Waals surface area (Å²) in [6.07, 6.45) is 3.75. The SMILES string of the molecule is CCC1(C)CNCCN1CC1CCOCC1. The van der Waals surface area contributed by atoms with Crippen molar-refractivity contribution in [3.63, 3.8) is 0 Å². The van der Waals surface area contributed by atoms with Crippen LogP contribution in [0.5, 0.6) is 0 Å². The monoisotopic (exact) mass is 226 g/mol. The molecule has 0 aromatic carbocycles. The summed E-state index contributed by atoms with van der Waals surface area (Å²) < 4.78 is 5.44. The molecule has 1 unspecified atom stereocenters. The van der Waals surface area contributed by atoms with Crippen LogP contribution in [0.2, 0.25) is 0 Å². The van der Waals surface area contributed by atoms with Crippen molar-refractivity contribution in [3.8, 4) is 0 Å². The van der Waals surface area contributed by atoms with Crippen LogP contribution in [0, 0.1) is 5.92 Å². The van der Waals surface area contributed by atoms with Gasteiger partial charge in [0.15, 0.2) is 0 Å². The second-order valence-corrected chi connectivity index (χ2v) is 5.53. The molecule has 2 fully saturated rings. The molecular weight excluding hydrogens is 200 g/mol. The molecule has 3 heteroatoms. The van der Waals surface area contributed by atoms with Crippen LogP contribution in [0.15, 0.2) is 0 Å². The molecule has 0 saturated carbocycles. The Morgan fingerprint density at radius 3 is 2.81 bits per heavy atom. The molecule has 1 atom stereocenters. The van der Waals surface area contributed by atoms with Crippen molar-refractivity contribution in [1.82, 2.24) is 10.2 Å². The second kappa shape index (κ2) is 5.48. The van der Waals surface area contributed by atoms with Gasteiger partial charge in [-0.3, -0.25) is 4.90 Å². The fourth-order valence-corrected chi connectivity index (χ4v) is 2.85. The molecule has 0 radical (unpaired) electrons. The molecule has 2 rings (SSSR count). The zero-order chi connectivity index (χ0) is 11.4. The molecule has 0 aromatic heterocycles. The van der Waals surface area contributed by atoms with Gasteiger partial charge in [0.1, 0.15) is 0 Å². The van der Waals surface area contributed by atoms with Gasteiger partial charge in [0.2, 0.25) is 0 Å². The number of hydrogen-bond acceptors (Lipinski definition) is 3. The van der Waals surface area contributed by atoms with Crippen molar-refractivity contribution in [1.29, 1.82) is 0 Å². The highest BCUT2D eigenvalue weighted by Crippen LogP contribution is 2.25. The van der Waals surface area contributed by atoms with Gasteiger partial charge < -0.3 is 10.1 Å². The molecule has 2 aliphatic heterocycles. The van der Waals surface area contributed by atoms with E-state index in [1.165, 1.54) is 32.4 Å². The van der Waals surface area contributed by atoms with Crippen molar-refractivity contribution in [2.24, 2.45) is 5.92 Å². The van der Waals surface area contributed by atoms with Crippen molar-refractivity contribution >= 4 is 0 Å². The summed E-state index contributed by atoms with van der Waals surface area (Å²) in [5.41, 5.74) is 0.372. The van der Waals surface area contributed by atoms with Crippen LogP contribution >= 0.6 is 0 Å². The van der Waals surface area contributed by atoms with E-state index in [1.54, 1.807) is 0 Å². The fourth-order valence-electron chi connectivity index (χ4n) is 2.85. The van der Waals surface area contributed by atoms with E-state index in [-0.39, 0.29) is 0 Å². The third kappa shape index (κ3) is 2.76. The zero-order valence-electron chi connectivity index (χ0n) is 10.8. The third-order valence-corrected chi connectivity index (χ3v) is 4.41. The van der Waals surface area contributed by atoms with Crippen LogP contribution in [0.25, 0.3) is 0 Å². The Labute approximate surface area is 99.5 Å². The van der Waals surface area contributed by atoms with E-state index in [4.69, 9.17) is 4.74 Å². The molecule has 2 heterocycles. The molecule has 3 nitrogen and oxygen atoms in total. The van der Waals surface area contributed by atoms with Crippen LogP contribution in [0.4, 0.5) is 0 Å². The molecule has 94 valence electrons. The van der Waals surface area contributed by atoms with E-state index < -0.39 is 0 Å². The number of nitrogens with one attached hydrogen (secondary N) is 1. The van der Waals surface area contributed by atoms with Crippen molar-refractivity contribution in [2.75, 3.05) is 39.4 Å². The summed E-state index contributed by atoms with van der Waals surface area (Å²) in [6, 6.07) is 0. The standard InChI is InChI=1S/C13H26N2O/c1-3-13(2)11-14-6-7-15(13)10-12-4-8-16-9-5-12/h12,14H,3-11H2,1-2H3. The number of ether oxygens (including phenoxy) is 1. The highest BCUT2D eigenvalue weighted by atomic mass is 16.5. The van der Waals surface area contributed by atoms with Gasteiger partial charge in [-0.2, -0.15) is 0 Å². The van der Waals surface area contributed by atoms with Gasteiger partial charge in [-0.1, -0.05) is 6.92 Å². The predicted molar refractivity (Wildman–Crippen MR) is 66.7 cm³/mol. The maximum Gasteiger partial charge on any atom is 0.0469 e. The predicted octanol–water partition coefficient (Wildman–Crippen LogP) is 1.49. The van der Waals surface area contributed by atoms with Crippen LogP contribution in [-0.4, -0.2) is 49.8 Å². The van der Waals surface area contributed by atoms with Gasteiger partial charge in [0, 0.05) is 44.9 Å². The topological polar surface area (TPSA) is 24.5 Å². The molecule has 2 aliphatic rings. The first kappa shape index (κ1) is 12.3.